The lowest BCUT2D eigenvalue weighted by Gasteiger charge is -2.07. The van der Waals surface area contributed by atoms with Crippen molar-refractivity contribution in [3.8, 4) is 11.6 Å². The van der Waals surface area contributed by atoms with Gasteiger partial charge in [0, 0.05) is 11.8 Å². The summed E-state index contributed by atoms with van der Waals surface area (Å²) in [6.07, 6.45) is 1.40. The molecule has 1 aromatic heterocycles. The molecule has 0 spiro atoms. The van der Waals surface area contributed by atoms with Gasteiger partial charge < -0.3 is 9.84 Å². The molecule has 1 N–H and O–H groups in total. The van der Waals surface area contributed by atoms with E-state index in [2.05, 4.69) is 4.98 Å². The standard InChI is InChI=1S/C13H12FNO2/c1-9-3-2-4-11(7-9)17-13-12(14)10(8-16)5-6-15-13/h2-7,16H,8H2,1H3. The summed E-state index contributed by atoms with van der Waals surface area (Å²) in [4.78, 5) is 3.80. The molecule has 0 fully saturated rings. The maximum Gasteiger partial charge on any atom is 0.256 e. The SMILES string of the molecule is Cc1cccc(Oc2nccc(CO)c2F)c1. The molecule has 2 rings (SSSR count). The molecule has 88 valence electrons. The van der Waals surface area contributed by atoms with E-state index in [1.54, 1.807) is 12.1 Å². The van der Waals surface area contributed by atoms with E-state index in [4.69, 9.17) is 9.84 Å². The van der Waals surface area contributed by atoms with Crippen LogP contribution in [0.25, 0.3) is 0 Å². The van der Waals surface area contributed by atoms with Crippen LogP contribution >= 0.6 is 0 Å². The fourth-order valence-electron chi connectivity index (χ4n) is 1.45. The summed E-state index contributed by atoms with van der Waals surface area (Å²) in [5.41, 5.74) is 1.18. The fraction of sp³-hybridized carbons (Fsp3) is 0.154. The van der Waals surface area contributed by atoms with Crippen molar-refractivity contribution >= 4 is 0 Å². The molecule has 3 nitrogen and oxygen atoms in total. The monoisotopic (exact) mass is 233 g/mol. The lowest BCUT2D eigenvalue weighted by molar-refractivity contribution is 0.273. The van der Waals surface area contributed by atoms with Crippen LogP contribution in [0.5, 0.6) is 11.6 Å². The smallest absolute Gasteiger partial charge is 0.256 e. The van der Waals surface area contributed by atoms with E-state index in [9.17, 15) is 4.39 Å². The number of aliphatic hydroxyl groups excluding tert-OH is 1. The second-order valence-corrected chi connectivity index (χ2v) is 3.67. The van der Waals surface area contributed by atoms with Crippen LogP contribution in [0.1, 0.15) is 11.1 Å². The number of nitrogens with zero attached hydrogens (tertiary/aromatic N) is 1. The number of halogens is 1. The first-order chi connectivity index (χ1) is 8.20. The summed E-state index contributed by atoms with van der Waals surface area (Å²) in [6.45, 7) is 1.54. The number of benzene rings is 1. The highest BCUT2D eigenvalue weighted by molar-refractivity contribution is 5.32. The molecule has 1 aromatic carbocycles. The number of ether oxygens (including phenoxy) is 1. The molecule has 0 aliphatic carbocycles. The molecule has 0 atom stereocenters. The number of aryl methyl sites for hydroxylation is 1. The first-order valence-corrected chi connectivity index (χ1v) is 5.19. The molecular weight excluding hydrogens is 221 g/mol. The predicted octanol–water partition coefficient (Wildman–Crippen LogP) is 2.81. The molecule has 4 heteroatoms. The average Bonchev–Trinajstić information content (AvgIpc) is 2.32. The van der Waals surface area contributed by atoms with Crippen LogP contribution in [0.15, 0.2) is 36.5 Å². The minimum atomic E-state index is -0.628. The summed E-state index contributed by atoms with van der Waals surface area (Å²) >= 11 is 0. The molecule has 0 radical (unpaired) electrons. The minimum Gasteiger partial charge on any atom is -0.436 e. The summed E-state index contributed by atoms with van der Waals surface area (Å²) in [5, 5.41) is 8.93. The van der Waals surface area contributed by atoms with Crippen LogP contribution in [-0.2, 0) is 6.61 Å². The highest BCUT2D eigenvalue weighted by Gasteiger charge is 2.10. The van der Waals surface area contributed by atoms with Gasteiger partial charge in [-0.1, -0.05) is 12.1 Å². The number of aliphatic hydroxyl groups is 1. The Balaban J connectivity index is 2.30. The van der Waals surface area contributed by atoms with Crippen molar-refractivity contribution in [2.24, 2.45) is 0 Å². The minimum absolute atomic E-state index is 0.123. The van der Waals surface area contributed by atoms with Crippen LogP contribution in [-0.4, -0.2) is 10.1 Å². The van der Waals surface area contributed by atoms with Gasteiger partial charge in [0.1, 0.15) is 5.75 Å². The van der Waals surface area contributed by atoms with E-state index in [0.29, 0.717) is 5.75 Å². The number of hydrogen-bond acceptors (Lipinski definition) is 3. The van der Waals surface area contributed by atoms with E-state index in [1.165, 1.54) is 12.3 Å². The molecule has 0 unspecified atom stereocenters. The van der Waals surface area contributed by atoms with Crippen molar-refractivity contribution < 1.29 is 14.2 Å². The Kier molecular flexibility index (Phi) is 3.35. The Morgan fingerprint density at radius 1 is 1.35 bits per heavy atom. The molecule has 0 saturated carbocycles. The quantitative estimate of drug-likeness (QED) is 0.886. The Hall–Kier alpha value is -1.94. The zero-order valence-electron chi connectivity index (χ0n) is 9.35. The largest absolute Gasteiger partial charge is 0.436 e. The Morgan fingerprint density at radius 3 is 2.88 bits per heavy atom. The van der Waals surface area contributed by atoms with Gasteiger partial charge in [0.15, 0.2) is 5.82 Å². The van der Waals surface area contributed by atoms with E-state index >= 15 is 0 Å². The predicted molar refractivity (Wildman–Crippen MR) is 61.4 cm³/mol. The van der Waals surface area contributed by atoms with E-state index in [1.807, 2.05) is 19.1 Å². The molecular formula is C13H12FNO2. The summed E-state index contributed by atoms with van der Waals surface area (Å²) in [6, 6.07) is 8.66. The van der Waals surface area contributed by atoms with Crippen LogP contribution in [0.2, 0.25) is 0 Å². The lowest BCUT2D eigenvalue weighted by Crippen LogP contribution is -1.97. The molecule has 17 heavy (non-hydrogen) atoms. The van der Waals surface area contributed by atoms with Gasteiger partial charge in [-0.25, -0.2) is 9.37 Å². The lowest BCUT2D eigenvalue weighted by atomic mass is 10.2. The zero-order chi connectivity index (χ0) is 12.3. The molecule has 0 saturated heterocycles. The van der Waals surface area contributed by atoms with Crippen molar-refractivity contribution in [2.75, 3.05) is 0 Å². The maximum absolute atomic E-state index is 13.7. The van der Waals surface area contributed by atoms with E-state index in [-0.39, 0.29) is 18.1 Å². The van der Waals surface area contributed by atoms with Gasteiger partial charge in [-0.15, -0.1) is 0 Å². The van der Waals surface area contributed by atoms with Crippen LogP contribution in [0.4, 0.5) is 4.39 Å². The third kappa shape index (κ3) is 2.60. The molecule has 1 heterocycles. The van der Waals surface area contributed by atoms with Gasteiger partial charge in [-0.3, -0.25) is 0 Å². The third-order valence-electron chi connectivity index (χ3n) is 2.31. The average molecular weight is 233 g/mol. The molecule has 2 aromatic rings. The van der Waals surface area contributed by atoms with Gasteiger partial charge in [0.25, 0.3) is 5.88 Å². The van der Waals surface area contributed by atoms with Crippen molar-refractivity contribution in [3.63, 3.8) is 0 Å². The normalized spacial score (nSPS) is 10.3. The van der Waals surface area contributed by atoms with E-state index in [0.717, 1.165) is 5.56 Å². The Morgan fingerprint density at radius 2 is 2.18 bits per heavy atom. The maximum atomic E-state index is 13.7. The van der Waals surface area contributed by atoms with E-state index < -0.39 is 5.82 Å². The van der Waals surface area contributed by atoms with Crippen molar-refractivity contribution in [3.05, 3.63) is 53.5 Å². The Labute approximate surface area is 98.5 Å². The number of pyridine rings is 1. The second-order valence-electron chi connectivity index (χ2n) is 3.67. The van der Waals surface area contributed by atoms with Crippen molar-refractivity contribution in [1.82, 2.24) is 4.98 Å². The zero-order valence-corrected chi connectivity index (χ0v) is 9.35. The summed E-state index contributed by atoms with van der Waals surface area (Å²) in [5.74, 6) is -0.231. The van der Waals surface area contributed by atoms with Gasteiger partial charge in [0.2, 0.25) is 0 Å². The van der Waals surface area contributed by atoms with Gasteiger partial charge in [-0.05, 0) is 30.7 Å². The number of aromatic nitrogens is 1. The first kappa shape index (κ1) is 11.5. The summed E-state index contributed by atoms with van der Waals surface area (Å²) < 4.78 is 19.0. The number of hydrogen-bond donors (Lipinski definition) is 1. The Bertz CT molecular complexity index is 529. The highest BCUT2D eigenvalue weighted by atomic mass is 19.1. The summed E-state index contributed by atoms with van der Waals surface area (Å²) in [7, 11) is 0. The molecule has 0 aliphatic heterocycles. The number of rotatable bonds is 3. The van der Waals surface area contributed by atoms with Crippen molar-refractivity contribution in [2.45, 2.75) is 13.5 Å². The van der Waals surface area contributed by atoms with Gasteiger partial charge in [0.05, 0.1) is 6.61 Å². The molecule has 0 bridgehead atoms. The highest BCUT2D eigenvalue weighted by Crippen LogP contribution is 2.24. The topological polar surface area (TPSA) is 42.4 Å². The van der Waals surface area contributed by atoms with Crippen LogP contribution in [0, 0.1) is 12.7 Å². The fourth-order valence-corrected chi connectivity index (χ4v) is 1.45. The third-order valence-corrected chi connectivity index (χ3v) is 2.31. The molecule has 0 amide bonds. The van der Waals surface area contributed by atoms with Crippen molar-refractivity contribution in [1.29, 1.82) is 0 Å². The van der Waals surface area contributed by atoms with Gasteiger partial charge in [-0.2, -0.15) is 0 Å². The van der Waals surface area contributed by atoms with Crippen LogP contribution in [0.3, 0.4) is 0 Å². The molecule has 0 aliphatic rings. The second kappa shape index (κ2) is 4.93. The van der Waals surface area contributed by atoms with Crippen LogP contribution < -0.4 is 4.74 Å². The first-order valence-electron chi connectivity index (χ1n) is 5.19. The van der Waals surface area contributed by atoms with Gasteiger partial charge >= 0.3 is 0 Å².